The van der Waals surface area contributed by atoms with Gasteiger partial charge in [-0.25, -0.2) is 9.59 Å². The highest BCUT2D eigenvalue weighted by atomic mass is 32.2. The highest BCUT2D eigenvalue weighted by Gasteiger charge is 2.26. The number of nitrogens with zero attached hydrogens (tertiary/aromatic N) is 2. The van der Waals surface area contributed by atoms with E-state index >= 15 is 0 Å². The third-order valence-electron chi connectivity index (χ3n) is 4.02. The van der Waals surface area contributed by atoms with Crippen LogP contribution >= 0.6 is 11.8 Å². The average Bonchev–Trinajstić information content (AvgIpc) is 3.12. The Morgan fingerprint density at radius 1 is 1.26 bits per heavy atom. The second kappa shape index (κ2) is 12.3. The summed E-state index contributed by atoms with van der Waals surface area (Å²) in [6.45, 7) is 0.347. The van der Waals surface area contributed by atoms with Crippen molar-refractivity contribution in [3.63, 3.8) is 0 Å². The number of hydrogen-bond donors (Lipinski definition) is 0. The smallest absolute Gasteiger partial charge is 0.333 e. The number of ether oxygens (including phenoxy) is 4. The maximum absolute atomic E-state index is 11.9. The van der Waals surface area contributed by atoms with Gasteiger partial charge in [-0.05, 0) is 30.2 Å². The molecule has 1 heterocycles. The lowest BCUT2D eigenvalue weighted by atomic mass is 10.2. The molecule has 0 unspecified atom stereocenters. The number of hydrogen-bond acceptors (Lipinski definition) is 9. The number of esters is 2. The maximum atomic E-state index is 11.9. The Hall–Kier alpha value is -3.45. The van der Waals surface area contributed by atoms with Crippen LogP contribution in [0.4, 0.5) is 0 Å². The van der Waals surface area contributed by atoms with Crippen LogP contribution in [-0.4, -0.2) is 62.5 Å². The van der Waals surface area contributed by atoms with Crippen molar-refractivity contribution in [3.05, 3.63) is 40.9 Å². The first-order chi connectivity index (χ1) is 15.0. The summed E-state index contributed by atoms with van der Waals surface area (Å²) in [5.74, 6) is -0.0395. The van der Waals surface area contributed by atoms with E-state index in [0.717, 1.165) is 0 Å². The standard InChI is InChI=1S/C21H22N2O7S/c1-27-17-12-15(4-6-16(17)29-11-8-22)5-7-20(25)30-10-3-9-23-18(24)14-31-19(23)13-21(26)28-2/h4-7,12-13H,3,9-11,14H2,1-2H3/b7-5+,19-13+. The molecule has 0 N–H and O–H groups in total. The second-order valence-corrected chi connectivity index (χ2v) is 7.05. The van der Waals surface area contributed by atoms with Crippen LogP contribution in [0.2, 0.25) is 0 Å². The summed E-state index contributed by atoms with van der Waals surface area (Å²) in [6.07, 6.45) is 4.54. The number of rotatable bonds is 10. The van der Waals surface area contributed by atoms with E-state index in [1.807, 2.05) is 6.07 Å². The van der Waals surface area contributed by atoms with E-state index in [0.29, 0.717) is 35.1 Å². The van der Waals surface area contributed by atoms with Gasteiger partial charge in [0.05, 0.1) is 37.7 Å². The predicted octanol–water partition coefficient (Wildman–Crippen LogP) is 2.13. The molecule has 1 aromatic rings. The first-order valence-electron chi connectivity index (χ1n) is 9.24. The van der Waals surface area contributed by atoms with E-state index < -0.39 is 11.9 Å². The van der Waals surface area contributed by atoms with Gasteiger partial charge in [0.2, 0.25) is 5.91 Å². The minimum Gasteiger partial charge on any atom is -0.493 e. The molecule has 0 spiro atoms. The normalized spacial score (nSPS) is 14.5. The molecule has 0 atom stereocenters. The van der Waals surface area contributed by atoms with Gasteiger partial charge in [0.25, 0.3) is 0 Å². The Bertz CT molecular complexity index is 921. The molecule has 1 aliphatic rings. The molecule has 0 aromatic heterocycles. The van der Waals surface area contributed by atoms with Crippen LogP contribution in [0.5, 0.6) is 11.5 Å². The molecule has 164 valence electrons. The number of carbonyl (C=O) groups is 3. The minimum atomic E-state index is -0.531. The van der Waals surface area contributed by atoms with Crippen LogP contribution in [0.3, 0.4) is 0 Å². The minimum absolute atomic E-state index is 0.0977. The average molecular weight is 446 g/mol. The van der Waals surface area contributed by atoms with E-state index in [9.17, 15) is 14.4 Å². The summed E-state index contributed by atoms with van der Waals surface area (Å²) in [6, 6.07) is 6.91. The van der Waals surface area contributed by atoms with Crippen molar-refractivity contribution in [2.75, 3.05) is 39.7 Å². The molecular weight excluding hydrogens is 424 g/mol. The van der Waals surface area contributed by atoms with Crippen molar-refractivity contribution in [1.29, 1.82) is 5.26 Å². The van der Waals surface area contributed by atoms with Crippen molar-refractivity contribution in [2.24, 2.45) is 0 Å². The SMILES string of the molecule is COC(=O)/C=C1/SCC(=O)N1CCCOC(=O)/C=C/c1ccc(OCC#N)c(OC)c1. The molecule has 0 radical (unpaired) electrons. The fourth-order valence-corrected chi connectivity index (χ4v) is 3.51. The van der Waals surface area contributed by atoms with E-state index in [4.69, 9.17) is 19.5 Å². The highest BCUT2D eigenvalue weighted by molar-refractivity contribution is 8.04. The summed E-state index contributed by atoms with van der Waals surface area (Å²) in [7, 11) is 2.75. The molecule has 31 heavy (non-hydrogen) atoms. The number of thioether (sulfide) groups is 1. The van der Waals surface area contributed by atoms with Crippen LogP contribution in [0.15, 0.2) is 35.4 Å². The molecule has 0 bridgehead atoms. The highest BCUT2D eigenvalue weighted by Crippen LogP contribution is 2.29. The second-order valence-electron chi connectivity index (χ2n) is 6.05. The Labute approximate surface area is 184 Å². The fourth-order valence-electron chi connectivity index (χ4n) is 2.55. The van der Waals surface area contributed by atoms with Gasteiger partial charge in [0.15, 0.2) is 18.1 Å². The van der Waals surface area contributed by atoms with Crippen molar-refractivity contribution in [3.8, 4) is 17.6 Å². The first-order valence-corrected chi connectivity index (χ1v) is 10.2. The van der Waals surface area contributed by atoms with Gasteiger partial charge in [-0.1, -0.05) is 17.8 Å². The van der Waals surface area contributed by atoms with Gasteiger partial charge < -0.3 is 23.8 Å². The van der Waals surface area contributed by atoms with Crippen molar-refractivity contribution in [1.82, 2.24) is 4.90 Å². The summed E-state index contributed by atoms with van der Waals surface area (Å²) in [5, 5.41) is 9.12. The zero-order valence-electron chi connectivity index (χ0n) is 17.2. The lowest BCUT2D eigenvalue weighted by Gasteiger charge is -2.16. The Balaban J connectivity index is 1.82. The predicted molar refractivity (Wildman–Crippen MR) is 113 cm³/mol. The van der Waals surface area contributed by atoms with Crippen LogP contribution in [-0.2, 0) is 23.9 Å². The zero-order chi connectivity index (χ0) is 22.6. The molecule has 10 heteroatoms. The van der Waals surface area contributed by atoms with Gasteiger partial charge in [-0.15, -0.1) is 0 Å². The number of benzene rings is 1. The van der Waals surface area contributed by atoms with Crippen molar-refractivity contribution in [2.45, 2.75) is 6.42 Å². The van der Waals surface area contributed by atoms with Gasteiger partial charge in [-0.3, -0.25) is 4.79 Å². The molecular formula is C21H22N2O7S. The summed E-state index contributed by atoms with van der Waals surface area (Å²) < 4.78 is 20.2. The van der Waals surface area contributed by atoms with Crippen LogP contribution < -0.4 is 9.47 Å². The lowest BCUT2D eigenvalue weighted by Crippen LogP contribution is -2.27. The van der Waals surface area contributed by atoms with Gasteiger partial charge >= 0.3 is 11.9 Å². The van der Waals surface area contributed by atoms with Crippen molar-refractivity contribution >= 4 is 35.7 Å². The van der Waals surface area contributed by atoms with E-state index in [1.54, 1.807) is 24.3 Å². The zero-order valence-corrected chi connectivity index (χ0v) is 18.0. The maximum Gasteiger partial charge on any atom is 0.333 e. The third kappa shape index (κ3) is 7.38. The van der Waals surface area contributed by atoms with Gasteiger partial charge in [0.1, 0.15) is 6.07 Å². The quantitative estimate of drug-likeness (QED) is 0.303. The number of amides is 1. The molecule has 1 saturated heterocycles. The largest absolute Gasteiger partial charge is 0.493 e. The summed E-state index contributed by atoms with van der Waals surface area (Å²) in [5.41, 5.74) is 0.690. The third-order valence-corrected chi connectivity index (χ3v) is 5.04. The summed E-state index contributed by atoms with van der Waals surface area (Å²) >= 11 is 1.26. The topological polar surface area (TPSA) is 115 Å². The molecule has 9 nitrogen and oxygen atoms in total. The van der Waals surface area contributed by atoms with Crippen molar-refractivity contribution < 1.29 is 33.3 Å². The Kier molecular flexibility index (Phi) is 9.45. The molecule has 1 amide bonds. The molecule has 1 aromatic carbocycles. The fraction of sp³-hybridized carbons (Fsp3) is 0.333. The molecule has 0 saturated carbocycles. The van der Waals surface area contributed by atoms with Crippen LogP contribution in [0, 0.1) is 11.3 Å². The molecule has 2 rings (SSSR count). The number of methoxy groups -OCH3 is 2. The Morgan fingerprint density at radius 2 is 2.06 bits per heavy atom. The van der Waals surface area contributed by atoms with E-state index in [1.165, 1.54) is 43.0 Å². The van der Waals surface area contributed by atoms with E-state index in [2.05, 4.69) is 4.74 Å². The van der Waals surface area contributed by atoms with Gasteiger partial charge in [-0.2, -0.15) is 5.26 Å². The van der Waals surface area contributed by atoms with Crippen LogP contribution in [0.25, 0.3) is 6.08 Å². The number of carbonyl (C=O) groups excluding carboxylic acids is 3. The Morgan fingerprint density at radius 3 is 2.77 bits per heavy atom. The summed E-state index contributed by atoms with van der Waals surface area (Å²) in [4.78, 5) is 36.7. The lowest BCUT2D eigenvalue weighted by molar-refractivity contribution is -0.138. The number of nitriles is 1. The van der Waals surface area contributed by atoms with Gasteiger partial charge in [0, 0.05) is 12.6 Å². The molecule has 0 aliphatic carbocycles. The monoisotopic (exact) mass is 446 g/mol. The molecule has 1 fully saturated rings. The van der Waals surface area contributed by atoms with Crippen LogP contribution in [0.1, 0.15) is 12.0 Å². The van der Waals surface area contributed by atoms with E-state index in [-0.39, 0.29) is 24.9 Å². The first kappa shape index (κ1) is 23.8. The molecule has 1 aliphatic heterocycles.